The number of hydrogen-bond acceptors (Lipinski definition) is 3. The molecular weight excluding hydrogens is 323 g/mol. The first-order chi connectivity index (χ1) is 12.1. The number of ether oxygens (including phenoxy) is 1. The van der Waals surface area contributed by atoms with Crippen molar-refractivity contribution in [2.75, 3.05) is 18.6 Å². The monoisotopic (exact) mass is 342 g/mol. The van der Waals surface area contributed by atoms with Crippen molar-refractivity contribution in [2.45, 2.75) is 13.0 Å². The predicted molar refractivity (Wildman–Crippen MR) is 91.7 cm³/mol. The number of rotatable bonds is 5. The van der Waals surface area contributed by atoms with Gasteiger partial charge in [0.25, 0.3) is 0 Å². The molecule has 6 heteroatoms. The molecule has 1 N–H and O–H groups in total. The summed E-state index contributed by atoms with van der Waals surface area (Å²) in [5.41, 5.74) is 1.45. The molecule has 1 atom stereocenters. The van der Waals surface area contributed by atoms with Gasteiger partial charge in [-0.15, -0.1) is 0 Å². The van der Waals surface area contributed by atoms with Crippen LogP contribution in [0.2, 0.25) is 0 Å². The second-order valence-electron chi connectivity index (χ2n) is 5.84. The molecule has 2 amide bonds. The number of carbonyl (C=O) groups is 2. The molecule has 1 saturated heterocycles. The molecule has 2 aromatic carbocycles. The summed E-state index contributed by atoms with van der Waals surface area (Å²) >= 11 is 0. The normalized spacial score (nSPS) is 16.8. The molecule has 3 rings (SSSR count). The summed E-state index contributed by atoms with van der Waals surface area (Å²) in [5.74, 6) is -0.959. The van der Waals surface area contributed by atoms with Gasteiger partial charge in [0.2, 0.25) is 11.8 Å². The van der Waals surface area contributed by atoms with Crippen molar-refractivity contribution in [3.05, 3.63) is 59.9 Å². The van der Waals surface area contributed by atoms with E-state index in [-0.39, 0.29) is 17.6 Å². The van der Waals surface area contributed by atoms with E-state index in [0.717, 1.165) is 5.56 Å². The Morgan fingerprint density at radius 2 is 1.96 bits per heavy atom. The fourth-order valence-corrected chi connectivity index (χ4v) is 2.96. The highest BCUT2D eigenvalue weighted by Crippen LogP contribution is 2.26. The molecule has 0 bridgehead atoms. The lowest BCUT2D eigenvalue weighted by atomic mass is 10.1. The van der Waals surface area contributed by atoms with Crippen LogP contribution in [-0.2, 0) is 16.1 Å². The van der Waals surface area contributed by atoms with Crippen LogP contribution in [0.25, 0.3) is 0 Å². The molecule has 0 saturated carbocycles. The van der Waals surface area contributed by atoms with Crippen molar-refractivity contribution in [1.29, 1.82) is 0 Å². The van der Waals surface area contributed by atoms with E-state index in [9.17, 15) is 14.0 Å². The minimum Gasteiger partial charge on any atom is -0.496 e. The van der Waals surface area contributed by atoms with Crippen LogP contribution in [0.4, 0.5) is 10.1 Å². The Hall–Kier alpha value is -2.89. The third-order valence-electron chi connectivity index (χ3n) is 4.31. The largest absolute Gasteiger partial charge is 0.496 e. The average Bonchev–Trinajstić information content (AvgIpc) is 3.02. The van der Waals surface area contributed by atoms with E-state index in [4.69, 9.17) is 4.74 Å². The van der Waals surface area contributed by atoms with Crippen molar-refractivity contribution in [3.63, 3.8) is 0 Å². The third-order valence-corrected chi connectivity index (χ3v) is 4.31. The molecule has 25 heavy (non-hydrogen) atoms. The summed E-state index contributed by atoms with van der Waals surface area (Å²) in [5, 5.41) is 2.80. The fraction of sp³-hybridized carbons (Fsp3) is 0.263. The van der Waals surface area contributed by atoms with Crippen LogP contribution in [0.3, 0.4) is 0 Å². The second-order valence-corrected chi connectivity index (χ2v) is 5.84. The summed E-state index contributed by atoms with van der Waals surface area (Å²) in [6, 6.07) is 13.1. The second kappa shape index (κ2) is 7.34. The molecule has 1 aliphatic heterocycles. The SMILES string of the molecule is COc1ccccc1CNC(=O)[C@H]1CCN(c2ccc(F)cc2)C1=O. The van der Waals surface area contributed by atoms with E-state index in [0.29, 0.717) is 30.9 Å². The smallest absolute Gasteiger partial charge is 0.239 e. The molecule has 0 spiro atoms. The van der Waals surface area contributed by atoms with Crippen molar-refractivity contribution in [3.8, 4) is 5.75 Å². The van der Waals surface area contributed by atoms with E-state index in [2.05, 4.69) is 5.32 Å². The Labute approximate surface area is 145 Å². The van der Waals surface area contributed by atoms with Crippen LogP contribution in [-0.4, -0.2) is 25.5 Å². The molecule has 5 nitrogen and oxygen atoms in total. The van der Waals surface area contributed by atoms with Gasteiger partial charge in [-0.1, -0.05) is 18.2 Å². The van der Waals surface area contributed by atoms with Crippen molar-refractivity contribution in [2.24, 2.45) is 5.92 Å². The minimum absolute atomic E-state index is 0.260. The highest BCUT2D eigenvalue weighted by atomic mass is 19.1. The zero-order valence-corrected chi connectivity index (χ0v) is 13.9. The Bertz CT molecular complexity index is 776. The van der Waals surface area contributed by atoms with Crippen LogP contribution in [0.5, 0.6) is 5.75 Å². The van der Waals surface area contributed by atoms with Gasteiger partial charge in [-0.05, 0) is 36.8 Å². The molecular formula is C19H19FN2O3. The molecule has 1 aliphatic rings. The Morgan fingerprint density at radius 3 is 2.68 bits per heavy atom. The van der Waals surface area contributed by atoms with Crippen LogP contribution in [0.1, 0.15) is 12.0 Å². The number of para-hydroxylation sites is 1. The summed E-state index contributed by atoms with van der Waals surface area (Å²) in [6.45, 7) is 0.736. The number of anilines is 1. The van der Waals surface area contributed by atoms with Gasteiger partial charge in [-0.2, -0.15) is 0 Å². The first-order valence-electron chi connectivity index (χ1n) is 8.06. The molecule has 0 unspecified atom stereocenters. The Balaban J connectivity index is 1.63. The maximum atomic E-state index is 13.0. The average molecular weight is 342 g/mol. The quantitative estimate of drug-likeness (QED) is 0.850. The van der Waals surface area contributed by atoms with Crippen LogP contribution in [0.15, 0.2) is 48.5 Å². The number of methoxy groups -OCH3 is 1. The van der Waals surface area contributed by atoms with Gasteiger partial charge >= 0.3 is 0 Å². The van der Waals surface area contributed by atoms with E-state index in [1.807, 2.05) is 24.3 Å². The van der Waals surface area contributed by atoms with E-state index in [1.165, 1.54) is 17.0 Å². The standard InChI is InChI=1S/C19H19FN2O3/c1-25-17-5-3-2-4-13(17)12-21-18(23)16-10-11-22(19(16)24)15-8-6-14(20)7-9-15/h2-9,16H,10-12H2,1H3,(H,21,23)/t16-/m1/s1. The summed E-state index contributed by atoms with van der Waals surface area (Å²) in [4.78, 5) is 26.4. The Morgan fingerprint density at radius 1 is 1.24 bits per heavy atom. The predicted octanol–water partition coefficient (Wildman–Crippen LogP) is 2.50. The molecule has 1 heterocycles. The highest BCUT2D eigenvalue weighted by molar-refractivity contribution is 6.09. The first-order valence-corrected chi connectivity index (χ1v) is 8.06. The first kappa shape index (κ1) is 17.0. The van der Waals surface area contributed by atoms with Gasteiger partial charge < -0.3 is 15.0 Å². The van der Waals surface area contributed by atoms with Crippen LogP contribution < -0.4 is 15.0 Å². The number of carbonyl (C=O) groups excluding carboxylic acids is 2. The molecule has 0 radical (unpaired) electrons. The fourth-order valence-electron chi connectivity index (χ4n) is 2.96. The number of benzene rings is 2. The van der Waals surface area contributed by atoms with Crippen LogP contribution in [0, 0.1) is 11.7 Å². The van der Waals surface area contributed by atoms with E-state index < -0.39 is 5.92 Å². The molecule has 0 aromatic heterocycles. The number of amides is 2. The third kappa shape index (κ3) is 3.63. The van der Waals surface area contributed by atoms with E-state index in [1.54, 1.807) is 19.2 Å². The number of nitrogens with one attached hydrogen (secondary N) is 1. The lowest BCUT2D eigenvalue weighted by molar-refractivity contribution is -0.132. The minimum atomic E-state index is -0.722. The summed E-state index contributed by atoms with van der Waals surface area (Å²) < 4.78 is 18.3. The zero-order chi connectivity index (χ0) is 17.8. The molecule has 130 valence electrons. The van der Waals surface area contributed by atoms with Gasteiger partial charge in [-0.25, -0.2) is 4.39 Å². The van der Waals surface area contributed by atoms with Gasteiger partial charge in [0.15, 0.2) is 0 Å². The van der Waals surface area contributed by atoms with Crippen molar-refractivity contribution < 1.29 is 18.7 Å². The lowest BCUT2D eigenvalue weighted by Crippen LogP contribution is -2.36. The summed E-state index contributed by atoms with van der Waals surface area (Å²) in [7, 11) is 1.57. The maximum Gasteiger partial charge on any atom is 0.239 e. The summed E-state index contributed by atoms with van der Waals surface area (Å²) in [6.07, 6.45) is 0.438. The number of nitrogens with zero attached hydrogens (tertiary/aromatic N) is 1. The Kier molecular flexibility index (Phi) is 4.97. The van der Waals surface area contributed by atoms with E-state index >= 15 is 0 Å². The molecule has 2 aromatic rings. The molecule has 0 aliphatic carbocycles. The lowest BCUT2D eigenvalue weighted by Gasteiger charge is -2.17. The van der Waals surface area contributed by atoms with Crippen molar-refractivity contribution in [1.82, 2.24) is 5.32 Å². The van der Waals surface area contributed by atoms with Crippen molar-refractivity contribution >= 4 is 17.5 Å². The van der Waals surface area contributed by atoms with Gasteiger partial charge in [0, 0.05) is 24.3 Å². The maximum absolute atomic E-state index is 13.0. The molecule has 1 fully saturated rings. The topological polar surface area (TPSA) is 58.6 Å². The van der Waals surface area contributed by atoms with Gasteiger partial charge in [-0.3, -0.25) is 9.59 Å². The highest BCUT2D eigenvalue weighted by Gasteiger charge is 2.37. The zero-order valence-electron chi connectivity index (χ0n) is 13.9. The van der Waals surface area contributed by atoms with Gasteiger partial charge in [0.05, 0.1) is 7.11 Å². The number of halogens is 1. The number of hydrogen-bond donors (Lipinski definition) is 1. The van der Waals surface area contributed by atoms with Gasteiger partial charge in [0.1, 0.15) is 17.5 Å². The van der Waals surface area contributed by atoms with Crippen LogP contribution >= 0.6 is 0 Å².